The highest BCUT2D eigenvalue weighted by Gasteiger charge is 2.16. The molecule has 0 aliphatic rings. The van der Waals surface area contributed by atoms with E-state index in [0.29, 0.717) is 17.5 Å². The van der Waals surface area contributed by atoms with E-state index in [1.54, 1.807) is 12.4 Å². The molecule has 4 aromatic carbocycles. The molecule has 0 N–H and O–H groups in total. The zero-order chi connectivity index (χ0) is 34.7. The summed E-state index contributed by atoms with van der Waals surface area (Å²) < 4.78 is 0. The number of fused-ring (bicyclic) bond motifs is 1. The number of hydrogen-bond donors (Lipinski definition) is 0. The lowest BCUT2D eigenvalue weighted by Crippen LogP contribution is -2.00. The lowest BCUT2D eigenvalue weighted by Gasteiger charge is -2.13. The molecule has 0 aliphatic heterocycles. The van der Waals surface area contributed by atoms with Crippen molar-refractivity contribution in [1.29, 1.82) is 0 Å². The van der Waals surface area contributed by atoms with Gasteiger partial charge in [-0.25, -0.2) is 19.9 Å². The first-order chi connectivity index (χ1) is 25.8. The van der Waals surface area contributed by atoms with Crippen molar-refractivity contribution in [2.75, 3.05) is 0 Å². The van der Waals surface area contributed by atoms with Crippen LogP contribution in [0.4, 0.5) is 0 Å². The minimum Gasteiger partial charge on any atom is -0.255 e. The van der Waals surface area contributed by atoms with Crippen molar-refractivity contribution in [3.05, 3.63) is 176 Å². The van der Waals surface area contributed by atoms with Crippen molar-refractivity contribution < 1.29 is 0 Å². The Hall–Kier alpha value is -7.25. The molecule has 52 heavy (non-hydrogen) atoms. The predicted octanol–water partition coefficient (Wildman–Crippen LogP) is 10.3. The van der Waals surface area contributed by atoms with Gasteiger partial charge in [0.15, 0.2) is 17.5 Å². The van der Waals surface area contributed by atoms with Gasteiger partial charge < -0.3 is 0 Å². The van der Waals surface area contributed by atoms with Crippen LogP contribution in [0.1, 0.15) is 0 Å². The SMILES string of the molecule is c1ccc(-c2nc(-c3ccccc3)nc(-c3ccc(-c4cccc5c(-c6cc(-c7ccccn7)nc(-c7ccccn7)c6)cccc45)nc3)n2)cc1. The molecule has 0 saturated carbocycles. The highest BCUT2D eigenvalue weighted by Crippen LogP contribution is 2.37. The standard InChI is InChI=1S/C45H29N7/c1-3-13-30(14-4-1)43-50-44(31-15-5-2-6-16-31)52-45(51-43)32-23-24-38(48-29-32)37-20-12-18-35-34(17-11-19-36(35)37)33-27-41(39-21-7-9-25-46-39)49-42(28-33)40-22-8-10-26-47-40/h1-29H. The predicted molar refractivity (Wildman–Crippen MR) is 207 cm³/mol. The number of nitrogens with zero attached hydrogens (tertiary/aromatic N) is 7. The Labute approximate surface area is 300 Å². The molecule has 0 unspecified atom stereocenters. The van der Waals surface area contributed by atoms with Crippen molar-refractivity contribution in [2.24, 2.45) is 0 Å². The summed E-state index contributed by atoms with van der Waals surface area (Å²) in [6.45, 7) is 0. The average Bonchev–Trinajstić information content (AvgIpc) is 3.24. The van der Waals surface area contributed by atoms with Gasteiger partial charge in [-0.15, -0.1) is 0 Å². The van der Waals surface area contributed by atoms with Crippen molar-refractivity contribution in [3.8, 4) is 79.3 Å². The number of benzene rings is 4. The van der Waals surface area contributed by atoms with Crippen LogP contribution >= 0.6 is 0 Å². The Morgan fingerprint density at radius 2 is 0.808 bits per heavy atom. The van der Waals surface area contributed by atoms with Crippen LogP contribution in [0, 0.1) is 0 Å². The van der Waals surface area contributed by atoms with Gasteiger partial charge in [-0.2, -0.15) is 0 Å². The molecule has 0 spiro atoms. The summed E-state index contributed by atoms with van der Waals surface area (Å²) in [7, 11) is 0. The smallest absolute Gasteiger partial charge is 0.165 e. The van der Waals surface area contributed by atoms with E-state index in [-0.39, 0.29) is 0 Å². The highest BCUT2D eigenvalue weighted by molar-refractivity contribution is 6.04. The summed E-state index contributed by atoms with van der Waals surface area (Å²) in [5.41, 5.74) is 9.82. The van der Waals surface area contributed by atoms with Crippen LogP contribution in [0.5, 0.6) is 0 Å². The van der Waals surface area contributed by atoms with E-state index >= 15 is 0 Å². The fraction of sp³-hybridized carbons (Fsp3) is 0. The van der Waals surface area contributed by atoms with Gasteiger partial charge in [0.1, 0.15) is 0 Å². The van der Waals surface area contributed by atoms with E-state index in [1.165, 1.54) is 0 Å². The average molecular weight is 668 g/mol. The lowest BCUT2D eigenvalue weighted by atomic mass is 9.93. The fourth-order valence-corrected chi connectivity index (χ4v) is 6.39. The highest BCUT2D eigenvalue weighted by atomic mass is 15.0. The van der Waals surface area contributed by atoms with Gasteiger partial charge in [-0.1, -0.05) is 109 Å². The third kappa shape index (κ3) is 6.08. The number of pyridine rings is 4. The van der Waals surface area contributed by atoms with E-state index in [0.717, 1.165) is 72.6 Å². The van der Waals surface area contributed by atoms with E-state index in [9.17, 15) is 0 Å². The Balaban J connectivity index is 1.12. The third-order valence-electron chi connectivity index (χ3n) is 8.91. The zero-order valence-corrected chi connectivity index (χ0v) is 27.9. The monoisotopic (exact) mass is 667 g/mol. The molecule has 0 atom stereocenters. The van der Waals surface area contributed by atoms with Gasteiger partial charge in [0.2, 0.25) is 0 Å². The van der Waals surface area contributed by atoms with E-state index in [1.807, 2.05) is 115 Å². The minimum absolute atomic E-state index is 0.567. The Morgan fingerprint density at radius 1 is 0.288 bits per heavy atom. The third-order valence-corrected chi connectivity index (χ3v) is 8.91. The van der Waals surface area contributed by atoms with E-state index in [4.69, 9.17) is 24.9 Å². The van der Waals surface area contributed by atoms with Crippen LogP contribution in [0.25, 0.3) is 90.1 Å². The maximum Gasteiger partial charge on any atom is 0.165 e. The van der Waals surface area contributed by atoms with Crippen LogP contribution in [-0.2, 0) is 0 Å². The molecule has 0 radical (unpaired) electrons. The first-order valence-corrected chi connectivity index (χ1v) is 17.0. The summed E-state index contributed by atoms with van der Waals surface area (Å²) in [6, 6.07) is 52.7. The second-order valence-electron chi connectivity index (χ2n) is 12.2. The van der Waals surface area contributed by atoms with Gasteiger partial charge in [-0.3, -0.25) is 15.0 Å². The van der Waals surface area contributed by atoms with Gasteiger partial charge in [0.25, 0.3) is 0 Å². The van der Waals surface area contributed by atoms with Crippen molar-refractivity contribution in [1.82, 2.24) is 34.9 Å². The normalized spacial score (nSPS) is 11.1. The largest absolute Gasteiger partial charge is 0.255 e. The maximum absolute atomic E-state index is 4.97. The summed E-state index contributed by atoms with van der Waals surface area (Å²) in [5.74, 6) is 1.80. The second-order valence-corrected chi connectivity index (χ2v) is 12.2. The van der Waals surface area contributed by atoms with Crippen molar-refractivity contribution in [2.45, 2.75) is 0 Å². The van der Waals surface area contributed by atoms with Crippen LogP contribution in [0.2, 0.25) is 0 Å². The maximum atomic E-state index is 4.97. The van der Waals surface area contributed by atoms with Crippen LogP contribution in [0.15, 0.2) is 176 Å². The Kier molecular flexibility index (Phi) is 8.04. The van der Waals surface area contributed by atoms with Crippen LogP contribution < -0.4 is 0 Å². The second kappa shape index (κ2) is 13.6. The fourth-order valence-electron chi connectivity index (χ4n) is 6.39. The first-order valence-electron chi connectivity index (χ1n) is 17.0. The van der Waals surface area contributed by atoms with Crippen molar-refractivity contribution in [3.63, 3.8) is 0 Å². The van der Waals surface area contributed by atoms with Gasteiger partial charge in [-0.05, 0) is 70.4 Å². The molecule has 0 saturated heterocycles. The van der Waals surface area contributed by atoms with Crippen LogP contribution in [-0.4, -0.2) is 34.9 Å². The molecule has 0 fully saturated rings. The molecular formula is C45H29N7. The zero-order valence-electron chi connectivity index (χ0n) is 27.9. The molecule has 9 rings (SSSR count). The molecule has 7 heteroatoms. The quantitative estimate of drug-likeness (QED) is 0.167. The molecule has 5 aromatic heterocycles. The number of aromatic nitrogens is 7. The van der Waals surface area contributed by atoms with Crippen LogP contribution in [0.3, 0.4) is 0 Å². The molecule has 0 aliphatic carbocycles. The topological polar surface area (TPSA) is 90.2 Å². The summed E-state index contributed by atoms with van der Waals surface area (Å²) in [6.07, 6.45) is 5.42. The van der Waals surface area contributed by atoms with E-state index < -0.39 is 0 Å². The van der Waals surface area contributed by atoms with Gasteiger partial charge in [0.05, 0.1) is 28.5 Å². The minimum atomic E-state index is 0.567. The Morgan fingerprint density at radius 3 is 1.33 bits per heavy atom. The van der Waals surface area contributed by atoms with Gasteiger partial charge in [0, 0.05) is 40.8 Å². The molecule has 9 aromatic rings. The molecule has 244 valence electrons. The Bertz CT molecular complexity index is 2530. The molecular weight excluding hydrogens is 639 g/mol. The molecule has 0 bridgehead atoms. The summed E-state index contributed by atoms with van der Waals surface area (Å²) >= 11 is 0. The summed E-state index contributed by atoms with van der Waals surface area (Å²) in [5, 5.41) is 2.20. The molecule has 5 heterocycles. The van der Waals surface area contributed by atoms with E-state index in [2.05, 4.69) is 58.5 Å². The van der Waals surface area contributed by atoms with Gasteiger partial charge >= 0.3 is 0 Å². The van der Waals surface area contributed by atoms with Crippen molar-refractivity contribution >= 4 is 10.8 Å². The molecule has 7 nitrogen and oxygen atoms in total. The molecule has 0 amide bonds. The lowest BCUT2D eigenvalue weighted by molar-refractivity contribution is 1.07. The number of rotatable bonds is 7. The first kappa shape index (κ1) is 30.8. The number of hydrogen-bond acceptors (Lipinski definition) is 7. The summed E-state index contributed by atoms with van der Waals surface area (Å²) in [4.78, 5) is 33.7.